The van der Waals surface area contributed by atoms with Gasteiger partial charge in [0.05, 0.1) is 12.7 Å². The molecule has 2 saturated heterocycles. The van der Waals surface area contributed by atoms with Gasteiger partial charge in [0.1, 0.15) is 0 Å². The second-order valence-electron chi connectivity index (χ2n) is 5.33. The molecular weight excluding hydrogens is 214 g/mol. The van der Waals surface area contributed by atoms with Gasteiger partial charge in [0.15, 0.2) is 0 Å². The fourth-order valence-corrected chi connectivity index (χ4v) is 2.87. The van der Waals surface area contributed by atoms with Crippen LogP contribution in [0.3, 0.4) is 0 Å². The molecule has 1 N–H and O–H groups in total. The van der Waals surface area contributed by atoms with Crippen molar-refractivity contribution in [1.29, 1.82) is 0 Å². The first-order valence-corrected chi connectivity index (χ1v) is 6.98. The largest absolute Gasteiger partial charge is 0.327 e. The minimum atomic E-state index is 0.0588. The highest BCUT2D eigenvalue weighted by molar-refractivity contribution is 5.83. The van der Waals surface area contributed by atoms with Crippen LogP contribution in [0.1, 0.15) is 39.5 Å². The molecule has 4 heteroatoms. The number of hydrogen-bond acceptors (Lipinski definition) is 3. The van der Waals surface area contributed by atoms with Gasteiger partial charge in [-0.3, -0.25) is 15.0 Å². The van der Waals surface area contributed by atoms with Crippen molar-refractivity contribution in [2.45, 2.75) is 51.6 Å². The van der Waals surface area contributed by atoms with E-state index in [1.165, 1.54) is 32.4 Å². The highest BCUT2D eigenvalue weighted by Crippen LogP contribution is 2.14. The Morgan fingerprint density at radius 1 is 1.35 bits per heavy atom. The normalized spacial score (nSPS) is 28.7. The van der Waals surface area contributed by atoms with Crippen molar-refractivity contribution in [2.75, 3.05) is 26.3 Å². The minimum absolute atomic E-state index is 0.0588. The third-order valence-electron chi connectivity index (χ3n) is 4.05. The second kappa shape index (κ2) is 5.83. The van der Waals surface area contributed by atoms with Gasteiger partial charge < -0.3 is 4.90 Å². The Morgan fingerprint density at radius 2 is 2.06 bits per heavy atom. The quantitative estimate of drug-likeness (QED) is 0.796. The Hall–Kier alpha value is -0.610. The zero-order valence-electron chi connectivity index (χ0n) is 11.1. The molecule has 0 aliphatic carbocycles. The molecule has 98 valence electrons. The lowest BCUT2D eigenvalue weighted by atomic mass is 10.1. The van der Waals surface area contributed by atoms with Crippen LogP contribution in [0.5, 0.6) is 0 Å². The van der Waals surface area contributed by atoms with E-state index in [-0.39, 0.29) is 11.9 Å². The van der Waals surface area contributed by atoms with Gasteiger partial charge in [-0.2, -0.15) is 0 Å². The zero-order chi connectivity index (χ0) is 12.3. The van der Waals surface area contributed by atoms with Crippen LogP contribution in [0.2, 0.25) is 0 Å². The maximum Gasteiger partial charge on any atom is 0.240 e. The average Bonchev–Trinajstić information content (AvgIpc) is 2.71. The fourth-order valence-electron chi connectivity index (χ4n) is 2.87. The first-order chi connectivity index (χ1) is 8.22. The van der Waals surface area contributed by atoms with Gasteiger partial charge in [-0.1, -0.05) is 13.3 Å². The van der Waals surface area contributed by atoms with Crippen molar-refractivity contribution in [3.05, 3.63) is 0 Å². The number of piperidine rings is 1. The topological polar surface area (TPSA) is 35.6 Å². The molecule has 2 unspecified atom stereocenters. The predicted molar refractivity (Wildman–Crippen MR) is 68.7 cm³/mol. The van der Waals surface area contributed by atoms with Crippen LogP contribution in [0.25, 0.3) is 0 Å². The molecular formula is C13H25N3O. The maximum atomic E-state index is 12.0. The van der Waals surface area contributed by atoms with E-state index in [1.54, 1.807) is 0 Å². The van der Waals surface area contributed by atoms with Crippen LogP contribution < -0.4 is 5.32 Å². The summed E-state index contributed by atoms with van der Waals surface area (Å²) in [6.07, 6.45) is 4.89. The van der Waals surface area contributed by atoms with Gasteiger partial charge in [0.25, 0.3) is 0 Å². The number of likely N-dealkylation sites (tertiary alicyclic amines) is 1. The van der Waals surface area contributed by atoms with E-state index in [0.29, 0.717) is 6.04 Å². The summed E-state index contributed by atoms with van der Waals surface area (Å²) in [5, 5.41) is 3.27. The third-order valence-corrected chi connectivity index (χ3v) is 4.05. The highest BCUT2D eigenvalue weighted by atomic mass is 16.2. The lowest BCUT2D eigenvalue weighted by Crippen LogP contribution is -2.45. The van der Waals surface area contributed by atoms with Crippen molar-refractivity contribution in [3.63, 3.8) is 0 Å². The Kier molecular flexibility index (Phi) is 4.40. The molecule has 2 aliphatic heterocycles. The van der Waals surface area contributed by atoms with E-state index in [2.05, 4.69) is 24.1 Å². The standard InChI is InChI=1S/C13H25N3O/c1-3-12-13(17)16(10-14-12)9-11(2)15-7-5-4-6-8-15/h11-12,14H,3-10H2,1-2H3. The van der Waals surface area contributed by atoms with E-state index >= 15 is 0 Å². The summed E-state index contributed by atoms with van der Waals surface area (Å²) in [5.41, 5.74) is 0. The zero-order valence-corrected chi connectivity index (χ0v) is 11.1. The summed E-state index contributed by atoms with van der Waals surface area (Å²) in [6, 6.07) is 0.556. The van der Waals surface area contributed by atoms with Gasteiger partial charge in [0, 0.05) is 12.6 Å². The molecule has 2 aliphatic rings. The molecule has 2 fully saturated rings. The summed E-state index contributed by atoms with van der Waals surface area (Å²) >= 11 is 0. The van der Waals surface area contributed by atoms with Crippen molar-refractivity contribution >= 4 is 5.91 Å². The molecule has 4 nitrogen and oxygen atoms in total. The summed E-state index contributed by atoms with van der Waals surface area (Å²) in [4.78, 5) is 16.5. The highest BCUT2D eigenvalue weighted by Gasteiger charge is 2.31. The predicted octanol–water partition coefficient (Wildman–Crippen LogP) is 1.03. The van der Waals surface area contributed by atoms with Crippen LogP contribution >= 0.6 is 0 Å². The third kappa shape index (κ3) is 2.99. The van der Waals surface area contributed by atoms with Crippen molar-refractivity contribution in [3.8, 4) is 0 Å². The second-order valence-corrected chi connectivity index (χ2v) is 5.33. The Labute approximate surface area is 104 Å². The molecule has 2 atom stereocenters. The number of nitrogens with one attached hydrogen (secondary N) is 1. The number of carbonyl (C=O) groups excluding carboxylic acids is 1. The first kappa shape index (κ1) is 12.8. The van der Waals surface area contributed by atoms with E-state index in [4.69, 9.17) is 0 Å². The van der Waals surface area contributed by atoms with Crippen molar-refractivity contribution in [2.24, 2.45) is 0 Å². The van der Waals surface area contributed by atoms with Gasteiger partial charge >= 0.3 is 0 Å². The molecule has 0 radical (unpaired) electrons. The molecule has 0 aromatic carbocycles. The Balaban J connectivity index is 1.82. The monoisotopic (exact) mass is 239 g/mol. The molecule has 2 heterocycles. The van der Waals surface area contributed by atoms with E-state index in [1.807, 2.05) is 4.90 Å². The van der Waals surface area contributed by atoms with E-state index in [9.17, 15) is 4.79 Å². The van der Waals surface area contributed by atoms with Crippen molar-refractivity contribution in [1.82, 2.24) is 15.1 Å². The summed E-state index contributed by atoms with van der Waals surface area (Å²) in [7, 11) is 0. The lowest BCUT2D eigenvalue weighted by Gasteiger charge is -2.34. The van der Waals surface area contributed by atoms with Gasteiger partial charge in [-0.05, 0) is 39.3 Å². The molecule has 0 aromatic heterocycles. The van der Waals surface area contributed by atoms with Gasteiger partial charge in [0.2, 0.25) is 5.91 Å². The average molecular weight is 239 g/mol. The molecule has 0 spiro atoms. The summed E-state index contributed by atoms with van der Waals surface area (Å²) in [6.45, 7) is 8.32. The van der Waals surface area contributed by atoms with Crippen LogP contribution in [0.15, 0.2) is 0 Å². The van der Waals surface area contributed by atoms with Crippen LogP contribution in [-0.2, 0) is 4.79 Å². The number of carbonyl (C=O) groups is 1. The summed E-state index contributed by atoms with van der Waals surface area (Å²) in [5.74, 6) is 0.288. The molecule has 1 amide bonds. The lowest BCUT2D eigenvalue weighted by molar-refractivity contribution is -0.129. The number of rotatable bonds is 4. The molecule has 0 aromatic rings. The van der Waals surface area contributed by atoms with Crippen molar-refractivity contribution < 1.29 is 4.79 Å². The minimum Gasteiger partial charge on any atom is -0.327 e. The summed E-state index contributed by atoms with van der Waals surface area (Å²) < 4.78 is 0. The van der Waals surface area contributed by atoms with E-state index < -0.39 is 0 Å². The Morgan fingerprint density at radius 3 is 2.65 bits per heavy atom. The number of hydrogen-bond donors (Lipinski definition) is 1. The number of amides is 1. The maximum absolute atomic E-state index is 12.0. The molecule has 0 saturated carbocycles. The first-order valence-electron chi connectivity index (χ1n) is 6.98. The van der Waals surface area contributed by atoms with E-state index in [0.717, 1.165) is 19.6 Å². The van der Waals surface area contributed by atoms with Gasteiger partial charge in [-0.15, -0.1) is 0 Å². The van der Waals surface area contributed by atoms with Crippen LogP contribution in [-0.4, -0.2) is 54.1 Å². The molecule has 2 rings (SSSR count). The molecule has 0 bridgehead atoms. The van der Waals surface area contributed by atoms with Crippen LogP contribution in [0, 0.1) is 0 Å². The van der Waals surface area contributed by atoms with Crippen LogP contribution in [0.4, 0.5) is 0 Å². The van der Waals surface area contributed by atoms with Gasteiger partial charge in [-0.25, -0.2) is 0 Å². The fraction of sp³-hybridized carbons (Fsp3) is 0.923. The molecule has 17 heavy (non-hydrogen) atoms. The Bertz CT molecular complexity index is 263. The SMILES string of the molecule is CCC1NCN(CC(C)N2CCCCC2)C1=O. The smallest absolute Gasteiger partial charge is 0.240 e. The number of nitrogens with zero attached hydrogens (tertiary/aromatic N) is 2.